The van der Waals surface area contributed by atoms with E-state index < -0.39 is 5.91 Å². The maximum atomic E-state index is 13.3. The molecule has 0 fully saturated rings. The van der Waals surface area contributed by atoms with Gasteiger partial charge >= 0.3 is 0 Å². The third kappa shape index (κ3) is 4.46. The average Bonchev–Trinajstić information content (AvgIpc) is 2.70. The van der Waals surface area contributed by atoms with Crippen molar-refractivity contribution >= 4 is 17.5 Å². The van der Waals surface area contributed by atoms with Crippen LogP contribution in [0.4, 0.5) is 0 Å². The summed E-state index contributed by atoms with van der Waals surface area (Å²) in [5.74, 6) is -1.11. The summed E-state index contributed by atoms with van der Waals surface area (Å²) in [5.41, 5.74) is 0.808. The highest BCUT2D eigenvalue weighted by atomic mass is 16.5. The molecule has 1 aromatic rings. The van der Waals surface area contributed by atoms with Crippen LogP contribution in [0.1, 0.15) is 20.7 Å². The molecule has 0 heterocycles. The van der Waals surface area contributed by atoms with E-state index in [-0.39, 0.29) is 35.1 Å². The minimum atomic E-state index is -0.422. The van der Waals surface area contributed by atoms with Crippen molar-refractivity contribution in [1.82, 2.24) is 9.80 Å². The normalized spacial score (nSPS) is 13.6. The lowest BCUT2D eigenvalue weighted by Gasteiger charge is -2.33. The number of likely N-dealkylation sites (N-methyl/N-ethyl adjacent to an activating group) is 1. The van der Waals surface area contributed by atoms with Gasteiger partial charge in [-0.1, -0.05) is 24.3 Å². The quantitative estimate of drug-likeness (QED) is 0.589. The van der Waals surface area contributed by atoms with E-state index >= 15 is 0 Å². The Morgan fingerprint density at radius 1 is 0.857 bits per heavy atom. The van der Waals surface area contributed by atoms with Crippen LogP contribution in [-0.2, 0) is 19.0 Å². The van der Waals surface area contributed by atoms with Gasteiger partial charge in [-0.2, -0.15) is 0 Å². The Morgan fingerprint density at radius 3 is 1.82 bits per heavy atom. The summed E-state index contributed by atoms with van der Waals surface area (Å²) in [7, 11) is 5.98. The highest BCUT2D eigenvalue weighted by Crippen LogP contribution is 2.30. The van der Waals surface area contributed by atoms with Crippen LogP contribution in [0.15, 0.2) is 35.7 Å². The van der Waals surface area contributed by atoms with Gasteiger partial charge in [-0.3, -0.25) is 14.4 Å². The summed E-state index contributed by atoms with van der Waals surface area (Å²) in [6.07, 6.45) is 0. The number of rotatable bonds is 10. The fraction of sp³-hybridized carbons (Fsp3) is 0.450. The Kier molecular flexibility index (Phi) is 7.86. The Bertz CT molecular complexity index is 766. The highest BCUT2D eigenvalue weighted by Gasteiger charge is 2.38. The minimum Gasteiger partial charge on any atom is -0.383 e. The van der Waals surface area contributed by atoms with Crippen LogP contribution in [-0.4, -0.2) is 88.6 Å². The molecule has 1 amide bonds. The third-order valence-corrected chi connectivity index (χ3v) is 4.49. The number of carbonyl (C=O) groups excluding carboxylic acids is 3. The summed E-state index contributed by atoms with van der Waals surface area (Å²) in [4.78, 5) is 41.9. The van der Waals surface area contributed by atoms with Crippen molar-refractivity contribution in [2.24, 2.45) is 0 Å². The molecule has 0 bridgehead atoms. The van der Waals surface area contributed by atoms with Crippen LogP contribution >= 0.6 is 0 Å². The predicted octanol–water partition coefficient (Wildman–Crippen LogP) is 0.977. The van der Waals surface area contributed by atoms with Gasteiger partial charge in [-0.05, 0) is 0 Å². The van der Waals surface area contributed by atoms with Crippen molar-refractivity contribution in [2.75, 3.05) is 61.3 Å². The van der Waals surface area contributed by atoms with Crippen molar-refractivity contribution in [1.29, 1.82) is 0 Å². The number of hydrogen-bond donors (Lipinski definition) is 0. The first-order chi connectivity index (χ1) is 13.5. The number of hydrogen-bond acceptors (Lipinski definition) is 7. The molecule has 1 aromatic carbocycles. The maximum Gasteiger partial charge on any atom is 0.252 e. The number of carbonyl (C=O) groups is 3. The van der Waals surface area contributed by atoms with Gasteiger partial charge in [0.05, 0.1) is 13.2 Å². The summed E-state index contributed by atoms with van der Waals surface area (Å²) >= 11 is 0. The van der Waals surface area contributed by atoms with E-state index in [1.165, 1.54) is 19.1 Å². The van der Waals surface area contributed by atoms with Crippen molar-refractivity contribution in [3.8, 4) is 0 Å². The molecular formula is C20H26N2O6. The molecular weight excluding hydrogens is 364 g/mol. The second kappa shape index (κ2) is 10.1. The van der Waals surface area contributed by atoms with E-state index in [9.17, 15) is 14.4 Å². The Morgan fingerprint density at radius 2 is 1.36 bits per heavy atom. The number of Topliss-reactive ketones (excluding diaryl/α,β-unsaturated/α-hetero) is 2. The van der Waals surface area contributed by atoms with Crippen LogP contribution in [0.5, 0.6) is 0 Å². The molecule has 8 heteroatoms. The molecule has 2 rings (SSSR count). The van der Waals surface area contributed by atoms with Gasteiger partial charge in [-0.15, -0.1) is 0 Å². The lowest BCUT2D eigenvalue weighted by Crippen LogP contribution is -2.43. The third-order valence-electron chi connectivity index (χ3n) is 4.49. The van der Waals surface area contributed by atoms with Crippen LogP contribution in [0.3, 0.4) is 0 Å². The monoisotopic (exact) mass is 390 g/mol. The van der Waals surface area contributed by atoms with Crippen molar-refractivity contribution in [3.63, 3.8) is 0 Å². The van der Waals surface area contributed by atoms with Crippen LogP contribution in [0.25, 0.3) is 0 Å². The molecule has 8 nitrogen and oxygen atoms in total. The second-order valence-corrected chi connectivity index (χ2v) is 6.26. The minimum absolute atomic E-state index is 0.0398. The van der Waals surface area contributed by atoms with Gasteiger partial charge in [0, 0.05) is 52.6 Å². The van der Waals surface area contributed by atoms with E-state index in [0.29, 0.717) is 31.9 Å². The SMILES string of the molecule is COCCN(CCOC)C1=C(N(C)C(=O)COC)C(=O)c2ccccc2C1=O. The topological polar surface area (TPSA) is 85.4 Å². The molecule has 152 valence electrons. The molecule has 0 radical (unpaired) electrons. The number of ether oxygens (including phenoxy) is 3. The largest absolute Gasteiger partial charge is 0.383 e. The number of ketones is 2. The number of allylic oxidation sites excluding steroid dienone is 2. The van der Waals surface area contributed by atoms with Gasteiger partial charge < -0.3 is 24.0 Å². The second-order valence-electron chi connectivity index (χ2n) is 6.26. The maximum absolute atomic E-state index is 13.3. The molecule has 28 heavy (non-hydrogen) atoms. The van der Waals surface area contributed by atoms with E-state index in [4.69, 9.17) is 14.2 Å². The van der Waals surface area contributed by atoms with E-state index in [0.717, 1.165) is 0 Å². The van der Waals surface area contributed by atoms with Crippen LogP contribution in [0, 0.1) is 0 Å². The van der Waals surface area contributed by atoms with Crippen molar-refractivity contribution < 1.29 is 28.6 Å². The zero-order chi connectivity index (χ0) is 20.7. The molecule has 0 saturated carbocycles. The molecule has 0 aromatic heterocycles. The average molecular weight is 390 g/mol. The number of amides is 1. The van der Waals surface area contributed by atoms with Gasteiger partial charge in [0.2, 0.25) is 11.6 Å². The summed E-state index contributed by atoms with van der Waals surface area (Å²) in [5, 5.41) is 0. The first kappa shape index (κ1) is 21.7. The lowest BCUT2D eigenvalue weighted by molar-refractivity contribution is -0.131. The van der Waals surface area contributed by atoms with E-state index in [2.05, 4.69) is 0 Å². The van der Waals surface area contributed by atoms with E-state index in [1.807, 2.05) is 0 Å². The standard InChI is InChI=1S/C20H26N2O6/c1-21(16(23)13-28-4)17-18(22(9-11-26-2)10-12-27-3)20(25)15-8-6-5-7-14(15)19(17)24/h5-8H,9-13H2,1-4H3. The molecule has 0 spiro atoms. The number of benzene rings is 1. The Balaban J connectivity index is 2.61. The molecule has 0 saturated heterocycles. The Labute approximate surface area is 164 Å². The van der Waals surface area contributed by atoms with Crippen LogP contribution < -0.4 is 0 Å². The fourth-order valence-electron chi connectivity index (χ4n) is 3.04. The number of fused-ring (bicyclic) bond motifs is 1. The molecule has 0 N–H and O–H groups in total. The molecule has 0 aliphatic heterocycles. The molecule has 1 aliphatic rings. The summed E-state index contributed by atoms with van der Waals surface area (Å²) < 4.78 is 15.2. The Hall–Kier alpha value is -2.55. The fourth-order valence-corrected chi connectivity index (χ4v) is 3.04. The first-order valence-electron chi connectivity index (χ1n) is 8.88. The molecule has 1 aliphatic carbocycles. The zero-order valence-electron chi connectivity index (χ0n) is 16.7. The van der Waals surface area contributed by atoms with Crippen molar-refractivity contribution in [3.05, 3.63) is 46.8 Å². The van der Waals surface area contributed by atoms with Gasteiger partial charge in [0.15, 0.2) is 0 Å². The lowest BCUT2D eigenvalue weighted by atomic mass is 9.89. The highest BCUT2D eigenvalue weighted by molar-refractivity contribution is 6.27. The van der Waals surface area contributed by atoms with Gasteiger partial charge in [0.25, 0.3) is 5.91 Å². The zero-order valence-corrected chi connectivity index (χ0v) is 16.7. The van der Waals surface area contributed by atoms with Gasteiger partial charge in [-0.25, -0.2) is 0 Å². The molecule has 0 unspecified atom stereocenters. The molecule has 0 atom stereocenters. The first-order valence-corrected chi connectivity index (χ1v) is 8.88. The number of methoxy groups -OCH3 is 3. The van der Waals surface area contributed by atoms with Crippen LogP contribution in [0.2, 0.25) is 0 Å². The smallest absolute Gasteiger partial charge is 0.252 e. The van der Waals surface area contributed by atoms with E-state index in [1.54, 1.807) is 43.4 Å². The predicted molar refractivity (Wildman–Crippen MR) is 102 cm³/mol. The van der Waals surface area contributed by atoms with Gasteiger partial charge in [0.1, 0.15) is 18.0 Å². The summed E-state index contributed by atoms with van der Waals surface area (Å²) in [6, 6.07) is 6.61. The van der Waals surface area contributed by atoms with Crippen molar-refractivity contribution in [2.45, 2.75) is 0 Å². The number of nitrogens with zero attached hydrogens (tertiary/aromatic N) is 2. The summed E-state index contributed by atoms with van der Waals surface area (Å²) in [6.45, 7) is 1.23.